The maximum atomic E-state index is 12.6. The van der Waals surface area contributed by atoms with Gasteiger partial charge in [-0.2, -0.15) is 0 Å². The molecular formula is C16H25N3O3S. The smallest absolute Gasteiger partial charge is 0.254 e. The molecule has 1 amide bonds. The molecule has 0 aliphatic carbocycles. The summed E-state index contributed by atoms with van der Waals surface area (Å²) in [5, 5.41) is 0. The summed E-state index contributed by atoms with van der Waals surface area (Å²) in [4.78, 5) is 14.6. The highest BCUT2D eigenvalue weighted by Crippen LogP contribution is 2.20. The van der Waals surface area contributed by atoms with Crippen LogP contribution in [0.3, 0.4) is 0 Å². The fourth-order valence-corrected chi connectivity index (χ4v) is 4.08. The van der Waals surface area contributed by atoms with Crippen LogP contribution in [0.2, 0.25) is 0 Å². The Morgan fingerprint density at radius 2 is 1.96 bits per heavy atom. The molecule has 128 valence electrons. The molecule has 0 aromatic heterocycles. The van der Waals surface area contributed by atoms with E-state index >= 15 is 0 Å². The van der Waals surface area contributed by atoms with Gasteiger partial charge in [0.25, 0.3) is 5.91 Å². The Bertz CT molecular complexity index is 641. The molecule has 1 aromatic carbocycles. The van der Waals surface area contributed by atoms with E-state index in [0.29, 0.717) is 18.7 Å². The zero-order valence-corrected chi connectivity index (χ0v) is 14.5. The predicted octanol–water partition coefficient (Wildman–Crippen LogP) is 1.33. The molecule has 1 aromatic rings. The largest absolute Gasteiger partial charge is 0.334 e. The second kappa shape index (κ2) is 7.42. The molecule has 6 nitrogen and oxygen atoms in total. The van der Waals surface area contributed by atoms with Crippen molar-refractivity contribution < 1.29 is 13.2 Å². The van der Waals surface area contributed by atoms with Crippen LogP contribution in [0.5, 0.6) is 0 Å². The first-order valence-electron chi connectivity index (χ1n) is 7.98. The van der Waals surface area contributed by atoms with E-state index in [1.54, 1.807) is 30.9 Å². The van der Waals surface area contributed by atoms with Crippen LogP contribution < -0.4 is 10.5 Å². The number of carbonyl (C=O) groups is 1. The fraction of sp³-hybridized carbons (Fsp3) is 0.562. The van der Waals surface area contributed by atoms with Crippen molar-refractivity contribution in [3.8, 4) is 0 Å². The van der Waals surface area contributed by atoms with Gasteiger partial charge in [0.05, 0.1) is 4.90 Å². The minimum atomic E-state index is -3.54. The van der Waals surface area contributed by atoms with Gasteiger partial charge in [-0.1, -0.05) is 0 Å². The molecule has 1 heterocycles. The summed E-state index contributed by atoms with van der Waals surface area (Å²) in [5.74, 6) is -0.0825. The van der Waals surface area contributed by atoms with E-state index in [2.05, 4.69) is 4.72 Å². The van der Waals surface area contributed by atoms with Gasteiger partial charge in [-0.3, -0.25) is 4.79 Å². The first-order valence-corrected chi connectivity index (χ1v) is 9.47. The highest BCUT2D eigenvalue weighted by Gasteiger charge is 2.26. The first kappa shape index (κ1) is 17.9. The van der Waals surface area contributed by atoms with E-state index in [1.165, 1.54) is 12.1 Å². The van der Waals surface area contributed by atoms with Crippen molar-refractivity contribution in [1.29, 1.82) is 0 Å². The van der Waals surface area contributed by atoms with Gasteiger partial charge in [0.15, 0.2) is 0 Å². The molecule has 1 aliphatic heterocycles. The Balaban J connectivity index is 2.17. The van der Waals surface area contributed by atoms with Gasteiger partial charge in [0.2, 0.25) is 10.0 Å². The topological polar surface area (TPSA) is 92.5 Å². The lowest BCUT2D eigenvalue weighted by Crippen LogP contribution is -2.47. The zero-order valence-electron chi connectivity index (χ0n) is 13.7. The Morgan fingerprint density at radius 1 is 1.30 bits per heavy atom. The van der Waals surface area contributed by atoms with Crippen LogP contribution in [0, 0.1) is 0 Å². The van der Waals surface area contributed by atoms with Crippen molar-refractivity contribution in [3.63, 3.8) is 0 Å². The van der Waals surface area contributed by atoms with Crippen LogP contribution in [-0.2, 0) is 10.0 Å². The van der Waals surface area contributed by atoms with E-state index in [0.717, 1.165) is 19.3 Å². The molecule has 0 radical (unpaired) electrons. The Hall–Kier alpha value is -1.44. The average Bonchev–Trinajstić information content (AvgIpc) is 2.53. The summed E-state index contributed by atoms with van der Waals surface area (Å²) >= 11 is 0. The highest BCUT2D eigenvalue weighted by atomic mass is 32.2. The van der Waals surface area contributed by atoms with E-state index in [-0.39, 0.29) is 22.9 Å². The number of hydrogen-bond acceptors (Lipinski definition) is 4. The minimum absolute atomic E-state index is 0.0715. The molecule has 1 fully saturated rings. The Morgan fingerprint density at radius 3 is 2.52 bits per heavy atom. The molecule has 7 heteroatoms. The number of rotatable bonds is 5. The van der Waals surface area contributed by atoms with Crippen molar-refractivity contribution in [3.05, 3.63) is 29.8 Å². The highest BCUT2D eigenvalue weighted by molar-refractivity contribution is 7.89. The number of nitrogens with zero attached hydrogens (tertiary/aromatic N) is 1. The van der Waals surface area contributed by atoms with Crippen molar-refractivity contribution in [2.45, 2.75) is 50.1 Å². The lowest BCUT2D eigenvalue weighted by Gasteiger charge is -2.35. The average molecular weight is 339 g/mol. The zero-order chi connectivity index (χ0) is 17.0. The summed E-state index contributed by atoms with van der Waals surface area (Å²) in [6, 6.07) is 5.97. The van der Waals surface area contributed by atoms with Gasteiger partial charge in [0.1, 0.15) is 0 Å². The number of nitrogens with one attached hydrogen (secondary N) is 1. The summed E-state index contributed by atoms with van der Waals surface area (Å²) in [7, 11) is -3.54. The van der Waals surface area contributed by atoms with E-state index in [4.69, 9.17) is 5.73 Å². The van der Waals surface area contributed by atoms with Crippen LogP contribution in [0.25, 0.3) is 0 Å². The van der Waals surface area contributed by atoms with Crippen molar-refractivity contribution in [2.24, 2.45) is 5.73 Å². The number of piperidine rings is 1. The minimum Gasteiger partial charge on any atom is -0.334 e. The molecular weight excluding hydrogens is 314 g/mol. The molecule has 3 N–H and O–H groups in total. The fourth-order valence-electron chi connectivity index (χ4n) is 2.83. The molecule has 0 saturated carbocycles. The number of benzene rings is 1. The van der Waals surface area contributed by atoms with Gasteiger partial charge < -0.3 is 10.6 Å². The summed E-state index contributed by atoms with van der Waals surface area (Å²) < 4.78 is 26.7. The van der Waals surface area contributed by atoms with Gasteiger partial charge in [0, 0.05) is 30.7 Å². The lowest BCUT2D eigenvalue weighted by molar-refractivity contribution is 0.0623. The third-order valence-corrected chi connectivity index (χ3v) is 5.64. The van der Waals surface area contributed by atoms with Gasteiger partial charge in [-0.05, 0) is 57.4 Å². The molecule has 1 atom stereocenters. The summed E-state index contributed by atoms with van der Waals surface area (Å²) in [5.41, 5.74) is 6.25. The second-order valence-corrected chi connectivity index (χ2v) is 7.90. The second-order valence-electron chi connectivity index (χ2n) is 6.18. The molecule has 0 bridgehead atoms. The van der Waals surface area contributed by atoms with E-state index in [9.17, 15) is 13.2 Å². The van der Waals surface area contributed by atoms with E-state index < -0.39 is 10.0 Å². The number of hydrogen-bond donors (Lipinski definition) is 2. The number of carbonyl (C=O) groups excluding carboxylic acids is 1. The molecule has 23 heavy (non-hydrogen) atoms. The SMILES string of the molecule is CC(C)NS(=O)(=O)c1ccc(C(=O)N2CCCCC2CN)cc1. The Labute approximate surface area is 138 Å². The molecule has 1 aliphatic rings. The number of sulfonamides is 1. The predicted molar refractivity (Wildman–Crippen MR) is 89.6 cm³/mol. The molecule has 0 spiro atoms. The molecule has 1 unspecified atom stereocenters. The molecule has 2 rings (SSSR count). The lowest BCUT2D eigenvalue weighted by atomic mass is 10.0. The number of likely N-dealkylation sites (tertiary alicyclic amines) is 1. The normalized spacial score (nSPS) is 19.1. The summed E-state index contributed by atoms with van der Waals surface area (Å²) in [6.45, 7) is 4.68. The monoisotopic (exact) mass is 339 g/mol. The third kappa shape index (κ3) is 4.31. The van der Waals surface area contributed by atoms with Crippen LogP contribution >= 0.6 is 0 Å². The maximum absolute atomic E-state index is 12.6. The van der Waals surface area contributed by atoms with Crippen LogP contribution in [0.1, 0.15) is 43.5 Å². The van der Waals surface area contributed by atoms with Crippen molar-refractivity contribution in [2.75, 3.05) is 13.1 Å². The Kier molecular flexibility index (Phi) is 5.78. The number of amides is 1. The summed E-state index contributed by atoms with van der Waals surface area (Å²) in [6.07, 6.45) is 2.99. The van der Waals surface area contributed by atoms with Gasteiger partial charge in [-0.15, -0.1) is 0 Å². The van der Waals surface area contributed by atoms with Crippen LogP contribution in [0.15, 0.2) is 29.2 Å². The van der Waals surface area contributed by atoms with Crippen molar-refractivity contribution in [1.82, 2.24) is 9.62 Å². The third-order valence-electron chi connectivity index (χ3n) is 3.96. The van der Waals surface area contributed by atoms with E-state index in [1.807, 2.05) is 0 Å². The van der Waals surface area contributed by atoms with Gasteiger partial charge >= 0.3 is 0 Å². The quantitative estimate of drug-likeness (QED) is 0.846. The maximum Gasteiger partial charge on any atom is 0.254 e. The van der Waals surface area contributed by atoms with Gasteiger partial charge in [-0.25, -0.2) is 13.1 Å². The molecule has 1 saturated heterocycles. The van der Waals surface area contributed by atoms with Crippen LogP contribution in [0.4, 0.5) is 0 Å². The standard InChI is InChI=1S/C16H25N3O3S/c1-12(2)18-23(21,22)15-8-6-13(7-9-15)16(20)19-10-4-3-5-14(19)11-17/h6-9,12,14,18H,3-5,10-11,17H2,1-2H3. The van der Waals surface area contributed by atoms with Crippen LogP contribution in [-0.4, -0.2) is 44.4 Å². The first-order chi connectivity index (χ1) is 10.8. The van der Waals surface area contributed by atoms with Crippen molar-refractivity contribution >= 4 is 15.9 Å². The number of nitrogens with two attached hydrogens (primary N) is 1.